The summed E-state index contributed by atoms with van der Waals surface area (Å²) in [5.41, 5.74) is 2.09. The van der Waals surface area contributed by atoms with E-state index >= 15 is 0 Å². The fourth-order valence-electron chi connectivity index (χ4n) is 1.40. The Hall–Kier alpha value is -1.06. The van der Waals surface area contributed by atoms with Crippen LogP contribution < -0.4 is 0 Å². The molecule has 0 amide bonds. The lowest BCUT2D eigenvalue weighted by atomic mass is 10.1. The molecule has 0 heterocycles. The van der Waals surface area contributed by atoms with Gasteiger partial charge in [-0.3, -0.25) is 0 Å². The summed E-state index contributed by atoms with van der Waals surface area (Å²) in [6.45, 7) is 0. The second kappa shape index (κ2) is 4.21. The average Bonchev–Trinajstić information content (AvgIpc) is 2.26. The van der Waals surface area contributed by atoms with Crippen molar-refractivity contribution in [2.45, 2.75) is 9.79 Å². The van der Waals surface area contributed by atoms with Gasteiger partial charge in [0.05, 0.1) is 0 Å². The van der Waals surface area contributed by atoms with Gasteiger partial charge in [0.15, 0.2) is 0 Å². The Morgan fingerprint density at radius 2 is 1.33 bits per heavy atom. The van der Waals surface area contributed by atoms with Crippen molar-refractivity contribution in [3.8, 4) is 16.9 Å². The first-order valence-corrected chi connectivity index (χ1v) is 5.38. The molecule has 0 saturated carbocycles. The molecule has 0 unspecified atom stereocenters. The van der Waals surface area contributed by atoms with Crippen LogP contribution in [0.4, 0.5) is 0 Å². The Balaban J connectivity index is 2.56. The third kappa shape index (κ3) is 2.13. The Morgan fingerprint density at radius 1 is 0.800 bits per heavy atom. The molecular formula is C12H10OS2. The Labute approximate surface area is 99.6 Å². The molecule has 15 heavy (non-hydrogen) atoms. The maximum absolute atomic E-state index is 9.52. The van der Waals surface area contributed by atoms with Crippen LogP contribution in [-0.2, 0) is 0 Å². The smallest absolute Gasteiger partial charge is 0.142 e. The maximum atomic E-state index is 9.52. The summed E-state index contributed by atoms with van der Waals surface area (Å²) in [5, 5.41) is 9.52. The topological polar surface area (TPSA) is 20.2 Å². The van der Waals surface area contributed by atoms with E-state index in [9.17, 15) is 5.11 Å². The highest BCUT2D eigenvalue weighted by Gasteiger charge is 2.05. The minimum absolute atomic E-state index is 0.126. The number of hydrogen-bond acceptors (Lipinski definition) is 3. The number of hydrogen-bond donors (Lipinski definition) is 3. The van der Waals surface area contributed by atoms with Crippen LogP contribution in [0.3, 0.4) is 0 Å². The van der Waals surface area contributed by atoms with Crippen molar-refractivity contribution in [3.05, 3.63) is 42.5 Å². The number of aromatic hydroxyl groups is 1. The van der Waals surface area contributed by atoms with Gasteiger partial charge in [-0.15, -0.1) is 25.3 Å². The summed E-state index contributed by atoms with van der Waals surface area (Å²) >= 11 is 8.38. The minimum Gasteiger partial charge on any atom is -0.506 e. The van der Waals surface area contributed by atoms with E-state index in [2.05, 4.69) is 25.3 Å². The van der Waals surface area contributed by atoms with Gasteiger partial charge in [0.2, 0.25) is 0 Å². The molecule has 2 aromatic carbocycles. The van der Waals surface area contributed by atoms with Gasteiger partial charge in [0, 0.05) is 9.79 Å². The first-order valence-electron chi connectivity index (χ1n) is 4.49. The van der Waals surface area contributed by atoms with Crippen LogP contribution in [0.25, 0.3) is 11.1 Å². The summed E-state index contributed by atoms with van der Waals surface area (Å²) < 4.78 is 0. The monoisotopic (exact) mass is 234 g/mol. The zero-order valence-electron chi connectivity index (χ0n) is 7.88. The third-order valence-corrected chi connectivity index (χ3v) is 2.86. The van der Waals surface area contributed by atoms with Gasteiger partial charge in [-0.2, -0.15) is 0 Å². The molecular weight excluding hydrogens is 224 g/mol. The second-order valence-electron chi connectivity index (χ2n) is 3.23. The Bertz CT molecular complexity index is 457. The van der Waals surface area contributed by atoms with Crippen LogP contribution in [0.1, 0.15) is 0 Å². The summed E-state index contributed by atoms with van der Waals surface area (Å²) in [6, 6.07) is 13.6. The van der Waals surface area contributed by atoms with Crippen LogP contribution in [0.5, 0.6) is 5.75 Å². The van der Waals surface area contributed by atoms with Crippen LogP contribution in [0.15, 0.2) is 52.3 Å². The highest BCUT2D eigenvalue weighted by Crippen LogP contribution is 2.34. The van der Waals surface area contributed by atoms with E-state index in [4.69, 9.17) is 0 Å². The number of phenolic OH excluding ortho intramolecular Hbond substituents is 1. The van der Waals surface area contributed by atoms with Gasteiger partial charge in [0.25, 0.3) is 0 Å². The number of thiol groups is 2. The molecule has 0 saturated heterocycles. The van der Waals surface area contributed by atoms with Crippen LogP contribution in [-0.4, -0.2) is 5.11 Å². The van der Waals surface area contributed by atoms with Crippen molar-refractivity contribution in [2.75, 3.05) is 0 Å². The molecule has 0 bridgehead atoms. The van der Waals surface area contributed by atoms with Crippen molar-refractivity contribution in [3.63, 3.8) is 0 Å². The molecule has 0 spiro atoms. The zero-order chi connectivity index (χ0) is 10.8. The standard InChI is InChI=1S/C12H10OS2/c13-12-10(14)6-9(7-11(12)15)8-4-2-1-3-5-8/h1-7,13-15H. The van der Waals surface area contributed by atoms with E-state index in [0.717, 1.165) is 11.1 Å². The third-order valence-electron chi connectivity index (χ3n) is 2.18. The Kier molecular flexibility index (Phi) is 2.93. The summed E-state index contributed by atoms with van der Waals surface area (Å²) in [4.78, 5) is 1.09. The number of phenols is 1. The lowest BCUT2D eigenvalue weighted by Crippen LogP contribution is -1.80. The van der Waals surface area contributed by atoms with Gasteiger partial charge >= 0.3 is 0 Å². The summed E-state index contributed by atoms with van der Waals surface area (Å²) in [7, 11) is 0. The molecule has 0 aliphatic rings. The van der Waals surface area contributed by atoms with E-state index in [1.807, 2.05) is 42.5 Å². The molecule has 1 N–H and O–H groups in total. The maximum Gasteiger partial charge on any atom is 0.142 e. The van der Waals surface area contributed by atoms with Gasteiger partial charge in [-0.25, -0.2) is 0 Å². The molecule has 0 atom stereocenters. The first-order chi connectivity index (χ1) is 7.18. The molecule has 0 aliphatic carbocycles. The van der Waals surface area contributed by atoms with E-state index in [-0.39, 0.29) is 5.75 Å². The zero-order valence-corrected chi connectivity index (χ0v) is 9.67. The number of benzene rings is 2. The average molecular weight is 234 g/mol. The fourth-order valence-corrected chi connectivity index (χ4v) is 2.01. The van der Waals surface area contributed by atoms with Gasteiger partial charge in [-0.05, 0) is 23.3 Å². The van der Waals surface area contributed by atoms with E-state index in [0.29, 0.717) is 9.79 Å². The lowest BCUT2D eigenvalue weighted by molar-refractivity contribution is 0.450. The molecule has 0 aromatic heterocycles. The predicted molar refractivity (Wildman–Crippen MR) is 68.0 cm³/mol. The first kappa shape index (κ1) is 10.5. The van der Waals surface area contributed by atoms with E-state index in [1.165, 1.54) is 0 Å². The van der Waals surface area contributed by atoms with Crippen molar-refractivity contribution in [1.29, 1.82) is 0 Å². The molecule has 3 heteroatoms. The number of rotatable bonds is 1. The molecule has 0 fully saturated rings. The van der Waals surface area contributed by atoms with Crippen LogP contribution in [0.2, 0.25) is 0 Å². The summed E-state index contributed by atoms with van der Waals surface area (Å²) in [6.07, 6.45) is 0. The van der Waals surface area contributed by atoms with Crippen molar-refractivity contribution < 1.29 is 5.11 Å². The van der Waals surface area contributed by atoms with Crippen LogP contribution in [0, 0.1) is 0 Å². The summed E-state index contributed by atoms with van der Waals surface area (Å²) in [5.74, 6) is 0.126. The lowest BCUT2D eigenvalue weighted by Gasteiger charge is -2.06. The highest BCUT2D eigenvalue weighted by molar-refractivity contribution is 7.81. The van der Waals surface area contributed by atoms with Crippen LogP contribution >= 0.6 is 25.3 Å². The van der Waals surface area contributed by atoms with E-state index < -0.39 is 0 Å². The van der Waals surface area contributed by atoms with Gasteiger partial charge < -0.3 is 5.11 Å². The van der Waals surface area contributed by atoms with E-state index in [1.54, 1.807) is 0 Å². The van der Waals surface area contributed by atoms with Crippen molar-refractivity contribution >= 4 is 25.3 Å². The normalized spacial score (nSPS) is 10.3. The van der Waals surface area contributed by atoms with Gasteiger partial charge in [0.1, 0.15) is 5.75 Å². The fraction of sp³-hybridized carbons (Fsp3) is 0. The Morgan fingerprint density at radius 3 is 1.87 bits per heavy atom. The quantitative estimate of drug-likeness (QED) is 0.644. The highest BCUT2D eigenvalue weighted by atomic mass is 32.1. The molecule has 0 aliphatic heterocycles. The van der Waals surface area contributed by atoms with Crippen molar-refractivity contribution in [2.24, 2.45) is 0 Å². The minimum atomic E-state index is 0.126. The van der Waals surface area contributed by atoms with Crippen molar-refractivity contribution in [1.82, 2.24) is 0 Å². The SMILES string of the molecule is Oc1c(S)cc(-c2ccccc2)cc1S. The second-order valence-corrected chi connectivity index (χ2v) is 4.19. The largest absolute Gasteiger partial charge is 0.506 e. The molecule has 2 aromatic rings. The molecule has 0 radical (unpaired) electrons. The molecule has 2 rings (SSSR count). The molecule has 1 nitrogen and oxygen atoms in total. The predicted octanol–water partition coefficient (Wildman–Crippen LogP) is 3.64. The molecule has 76 valence electrons. The van der Waals surface area contributed by atoms with Gasteiger partial charge in [-0.1, -0.05) is 30.3 Å².